The zero-order chi connectivity index (χ0) is 11.3. The molecule has 0 saturated carbocycles. The van der Waals surface area contributed by atoms with Crippen LogP contribution in [0.15, 0.2) is 30.3 Å². The molecule has 1 unspecified atom stereocenters. The number of hydrogen-bond donors (Lipinski definition) is 0. The standard InChI is InChI=1S/C12H17NO2/c1-4-13(10(2)12(14)15-3)11-8-6-5-7-9-11/h5-10H,4H2,1-3H3. The topological polar surface area (TPSA) is 29.5 Å². The molecule has 0 bridgehead atoms. The lowest BCUT2D eigenvalue weighted by Gasteiger charge is -2.28. The van der Waals surface area contributed by atoms with E-state index in [9.17, 15) is 4.79 Å². The smallest absolute Gasteiger partial charge is 0.328 e. The summed E-state index contributed by atoms with van der Waals surface area (Å²) in [7, 11) is 1.41. The number of para-hydroxylation sites is 1. The van der Waals surface area contributed by atoms with E-state index in [-0.39, 0.29) is 12.0 Å². The Labute approximate surface area is 90.7 Å². The molecule has 1 aromatic carbocycles. The number of methoxy groups -OCH3 is 1. The van der Waals surface area contributed by atoms with Crippen LogP contribution < -0.4 is 4.90 Å². The molecule has 0 aliphatic carbocycles. The molecule has 82 valence electrons. The molecule has 0 saturated heterocycles. The van der Waals surface area contributed by atoms with Gasteiger partial charge in [0.15, 0.2) is 0 Å². The Bertz CT molecular complexity index is 311. The van der Waals surface area contributed by atoms with Crippen molar-refractivity contribution in [2.45, 2.75) is 19.9 Å². The third-order valence-corrected chi connectivity index (χ3v) is 2.44. The van der Waals surface area contributed by atoms with Gasteiger partial charge >= 0.3 is 5.97 Å². The van der Waals surface area contributed by atoms with Gasteiger partial charge in [0.1, 0.15) is 6.04 Å². The van der Waals surface area contributed by atoms with E-state index < -0.39 is 0 Å². The highest BCUT2D eigenvalue weighted by Gasteiger charge is 2.20. The molecule has 0 aromatic heterocycles. The lowest BCUT2D eigenvalue weighted by Crippen LogP contribution is -2.39. The minimum Gasteiger partial charge on any atom is -0.467 e. The van der Waals surface area contributed by atoms with Gasteiger partial charge < -0.3 is 9.64 Å². The Morgan fingerprint density at radius 3 is 2.47 bits per heavy atom. The molecule has 0 radical (unpaired) electrons. The van der Waals surface area contributed by atoms with Crippen LogP contribution in [0.5, 0.6) is 0 Å². The molecular formula is C12H17NO2. The fourth-order valence-electron chi connectivity index (χ4n) is 1.60. The van der Waals surface area contributed by atoms with Crippen LogP contribution in [0.4, 0.5) is 5.69 Å². The summed E-state index contributed by atoms with van der Waals surface area (Å²) in [6, 6.07) is 9.61. The highest BCUT2D eigenvalue weighted by atomic mass is 16.5. The highest BCUT2D eigenvalue weighted by molar-refractivity contribution is 5.79. The molecule has 1 aromatic rings. The van der Waals surface area contributed by atoms with Crippen molar-refractivity contribution in [3.05, 3.63) is 30.3 Å². The van der Waals surface area contributed by atoms with Crippen LogP contribution in [0.1, 0.15) is 13.8 Å². The molecule has 0 N–H and O–H groups in total. The minimum atomic E-state index is -0.248. The quantitative estimate of drug-likeness (QED) is 0.708. The van der Waals surface area contributed by atoms with Gasteiger partial charge in [0, 0.05) is 12.2 Å². The van der Waals surface area contributed by atoms with E-state index in [1.165, 1.54) is 7.11 Å². The minimum absolute atomic E-state index is 0.208. The number of benzene rings is 1. The maximum atomic E-state index is 11.4. The van der Waals surface area contributed by atoms with Crippen molar-refractivity contribution in [3.8, 4) is 0 Å². The molecule has 1 rings (SSSR count). The second kappa shape index (κ2) is 5.39. The average molecular weight is 207 g/mol. The summed E-state index contributed by atoms with van der Waals surface area (Å²) in [5.41, 5.74) is 1.04. The fourth-order valence-corrected chi connectivity index (χ4v) is 1.60. The Hall–Kier alpha value is -1.51. The van der Waals surface area contributed by atoms with E-state index in [2.05, 4.69) is 0 Å². The number of anilines is 1. The summed E-state index contributed by atoms with van der Waals surface area (Å²) in [6.45, 7) is 4.65. The Morgan fingerprint density at radius 1 is 1.40 bits per heavy atom. The van der Waals surface area contributed by atoms with Gasteiger partial charge in [-0.15, -0.1) is 0 Å². The van der Waals surface area contributed by atoms with Crippen LogP contribution in [0.25, 0.3) is 0 Å². The highest BCUT2D eigenvalue weighted by Crippen LogP contribution is 2.16. The number of carbonyl (C=O) groups excluding carboxylic acids is 1. The molecule has 15 heavy (non-hydrogen) atoms. The van der Waals surface area contributed by atoms with Crippen molar-refractivity contribution < 1.29 is 9.53 Å². The van der Waals surface area contributed by atoms with Crippen molar-refractivity contribution in [2.24, 2.45) is 0 Å². The maximum absolute atomic E-state index is 11.4. The third kappa shape index (κ3) is 2.72. The van der Waals surface area contributed by atoms with E-state index in [1.54, 1.807) is 0 Å². The number of hydrogen-bond acceptors (Lipinski definition) is 3. The van der Waals surface area contributed by atoms with E-state index in [0.717, 1.165) is 12.2 Å². The predicted octanol–water partition coefficient (Wildman–Crippen LogP) is 2.07. The molecule has 0 amide bonds. The van der Waals surface area contributed by atoms with Crippen molar-refractivity contribution >= 4 is 11.7 Å². The number of likely N-dealkylation sites (N-methyl/N-ethyl adjacent to an activating group) is 1. The van der Waals surface area contributed by atoms with Crippen LogP contribution in [0.3, 0.4) is 0 Å². The molecular weight excluding hydrogens is 190 g/mol. The Kier molecular flexibility index (Phi) is 4.16. The number of ether oxygens (including phenoxy) is 1. The maximum Gasteiger partial charge on any atom is 0.328 e. The summed E-state index contributed by atoms with van der Waals surface area (Å²) in [6.07, 6.45) is 0. The zero-order valence-electron chi connectivity index (χ0n) is 9.43. The van der Waals surface area contributed by atoms with Gasteiger partial charge in [-0.1, -0.05) is 18.2 Å². The number of esters is 1. The van der Waals surface area contributed by atoms with Gasteiger partial charge in [-0.25, -0.2) is 4.79 Å². The summed E-state index contributed by atoms with van der Waals surface area (Å²) in [5, 5.41) is 0. The first-order valence-electron chi connectivity index (χ1n) is 5.10. The van der Waals surface area contributed by atoms with Gasteiger partial charge in [0.25, 0.3) is 0 Å². The molecule has 0 aliphatic rings. The molecule has 0 aliphatic heterocycles. The van der Waals surface area contributed by atoms with Crippen molar-refractivity contribution in [3.63, 3.8) is 0 Å². The van der Waals surface area contributed by atoms with Gasteiger partial charge in [-0.2, -0.15) is 0 Å². The second-order valence-corrected chi connectivity index (χ2v) is 3.32. The third-order valence-electron chi connectivity index (χ3n) is 2.44. The number of carbonyl (C=O) groups is 1. The van der Waals surface area contributed by atoms with Gasteiger partial charge in [0.2, 0.25) is 0 Å². The molecule has 0 fully saturated rings. The second-order valence-electron chi connectivity index (χ2n) is 3.32. The lowest BCUT2D eigenvalue weighted by atomic mass is 10.2. The largest absolute Gasteiger partial charge is 0.467 e. The normalized spacial score (nSPS) is 11.9. The molecule has 1 atom stereocenters. The molecule has 3 heteroatoms. The summed E-state index contributed by atoms with van der Waals surface area (Å²) in [5.74, 6) is -0.208. The first-order chi connectivity index (χ1) is 7.20. The summed E-state index contributed by atoms with van der Waals surface area (Å²) >= 11 is 0. The van der Waals surface area contributed by atoms with Crippen LogP contribution in [-0.2, 0) is 9.53 Å². The van der Waals surface area contributed by atoms with Gasteiger partial charge in [-0.3, -0.25) is 0 Å². The van der Waals surface area contributed by atoms with E-state index in [0.29, 0.717) is 0 Å². The SMILES string of the molecule is CCN(c1ccccc1)C(C)C(=O)OC. The monoisotopic (exact) mass is 207 g/mol. The average Bonchev–Trinajstić information content (AvgIpc) is 2.30. The molecule has 0 spiro atoms. The van der Waals surface area contributed by atoms with Crippen LogP contribution in [0.2, 0.25) is 0 Å². The predicted molar refractivity (Wildman–Crippen MR) is 60.9 cm³/mol. The molecule has 0 heterocycles. The Balaban J connectivity index is 2.85. The van der Waals surface area contributed by atoms with E-state index in [1.807, 2.05) is 49.1 Å². The van der Waals surface area contributed by atoms with Gasteiger partial charge in [0.05, 0.1) is 7.11 Å². The summed E-state index contributed by atoms with van der Waals surface area (Å²) in [4.78, 5) is 13.4. The lowest BCUT2D eigenvalue weighted by molar-refractivity contribution is -0.141. The molecule has 3 nitrogen and oxygen atoms in total. The van der Waals surface area contributed by atoms with E-state index >= 15 is 0 Å². The first-order valence-corrected chi connectivity index (χ1v) is 5.10. The van der Waals surface area contributed by atoms with Crippen molar-refractivity contribution in [2.75, 3.05) is 18.6 Å². The number of rotatable bonds is 4. The fraction of sp³-hybridized carbons (Fsp3) is 0.417. The zero-order valence-corrected chi connectivity index (χ0v) is 9.43. The van der Waals surface area contributed by atoms with Crippen LogP contribution >= 0.6 is 0 Å². The Morgan fingerprint density at radius 2 is 2.00 bits per heavy atom. The van der Waals surface area contributed by atoms with Crippen molar-refractivity contribution in [1.29, 1.82) is 0 Å². The van der Waals surface area contributed by atoms with E-state index in [4.69, 9.17) is 4.74 Å². The number of nitrogens with zero attached hydrogens (tertiary/aromatic N) is 1. The van der Waals surface area contributed by atoms with Crippen molar-refractivity contribution in [1.82, 2.24) is 0 Å². The van der Waals surface area contributed by atoms with Gasteiger partial charge in [-0.05, 0) is 26.0 Å². The van der Waals surface area contributed by atoms with Crippen LogP contribution in [-0.4, -0.2) is 25.7 Å². The summed E-state index contributed by atoms with van der Waals surface area (Å²) < 4.78 is 4.74. The first kappa shape index (κ1) is 11.6. The van der Waals surface area contributed by atoms with Crippen LogP contribution in [0, 0.1) is 0 Å².